The van der Waals surface area contributed by atoms with Gasteiger partial charge in [0.2, 0.25) is 5.89 Å². The number of nitrogens with zero attached hydrogens (tertiary/aromatic N) is 6. The molecule has 0 unspecified atom stereocenters. The molecule has 3 heterocycles. The maximum Gasteiger partial charge on any atom is 0.240 e. The lowest BCUT2D eigenvalue weighted by atomic mass is 10.1. The van der Waals surface area contributed by atoms with E-state index < -0.39 is 0 Å². The highest BCUT2D eigenvalue weighted by Crippen LogP contribution is 2.21. The summed E-state index contributed by atoms with van der Waals surface area (Å²) in [4.78, 5) is 10.9. The van der Waals surface area contributed by atoms with Crippen molar-refractivity contribution in [3.8, 4) is 0 Å². The van der Waals surface area contributed by atoms with Crippen LogP contribution in [0.5, 0.6) is 0 Å². The Hall–Kier alpha value is -2.54. The van der Waals surface area contributed by atoms with Gasteiger partial charge in [-0.15, -0.1) is 0 Å². The SMILES string of the molecule is c1ccc(Cc2noc(CN3CCC[C@@H]3Cn3cncn3)n2)cc1. The molecule has 1 atom stereocenters. The lowest BCUT2D eigenvalue weighted by Gasteiger charge is -2.22. The first-order valence-corrected chi connectivity index (χ1v) is 8.29. The molecule has 0 bridgehead atoms. The molecule has 0 amide bonds. The molecule has 1 aliphatic rings. The zero-order valence-electron chi connectivity index (χ0n) is 13.5. The normalized spacial score (nSPS) is 18.2. The predicted octanol–water partition coefficient (Wildman–Crippen LogP) is 1.92. The number of hydrogen-bond donors (Lipinski definition) is 0. The molecule has 124 valence electrons. The Morgan fingerprint density at radius 1 is 1.21 bits per heavy atom. The number of rotatable bonds is 6. The van der Waals surface area contributed by atoms with Gasteiger partial charge in [-0.05, 0) is 24.9 Å². The van der Waals surface area contributed by atoms with Gasteiger partial charge in [0, 0.05) is 12.5 Å². The highest BCUT2D eigenvalue weighted by Gasteiger charge is 2.26. The lowest BCUT2D eigenvalue weighted by molar-refractivity contribution is 0.191. The van der Waals surface area contributed by atoms with Crippen molar-refractivity contribution in [2.24, 2.45) is 0 Å². The maximum atomic E-state index is 5.44. The highest BCUT2D eigenvalue weighted by atomic mass is 16.5. The van der Waals surface area contributed by atoms with Crippen LogP contribution < -0.4 is 0 Å². The minimum Gasteiger partial charge on any atom is -0.338 e. The number of likely N-dealkylation sites (tertiary alicyclic amines) is 1. The number of benzene rings is 1. The van der Waals surface area contributed by atoms with Gasteiger partial charge in [0.25, 0.3) is 0 Å². The van der Waals surface area contributed by atoms with Crippen molar-refractivity contribution in [3.63, 3.8) is 0 Å². The van der Waals surface area contributed by atoms with Crippen LogP contribution in [0.15, 0.2) is 47.5 Å². The largest absolute Gasteiger partial charge is 0.338 e. The van der Waals surface area contributed by atoms with Crippen molar-refractivity contribution < 1.29 is 4.52 Å². The molecule has 0 saturated carbocycles. The summed E-state index contributed by atoms with van der Waals surface area (Å²) < 4.78 is 7.33. The Labute approximate surface area is 140 Å². The highest BCUT2D eigenvalue weighted by molar-refractivity contribution is 5.18. The van der Waals surface area contributed by atoms with Gasteiger partial charge in [-0.2, -0.15) is 10.1 Å². The van der Waals surface area contributed by atoms with E-state index in [-0.39, 0.29) is 0 Å². The van der Waals surface area contributed by atoms with Crippen LogP contribution in [-0.2, 0) is 19.5 Å². The standard InChI is InChI=1S/C17H20N6O/c1-2-5-14(6-3-1)9-16-20-17(24-21-16)11-22-8-4-7-15(22)10-23-13-18-12-19-23/h1-3,5-6,12-13,15H,4,7-11H2/t15-/m1/s1. The average Bonchev–Trinajstić information content (AvgIpc) is 3.34. The van der Waals surface area contributed by atoms with Crippen LogP contribution in [0.25, 0.3) is 0 Å². The predicted molar refractivity (Wildman–Crippen MR) is 87.0 cm³/mol. The van der Waals surface area contributed by atoms with E-state index in [2.05, 4.69) is 37.3 Å². The third-order valence-corrected chi connectivity index (χ3v) is 4.42. The summed E-state index contributed by atoms with van der Waals surface area (Å²) in [5.41, 5.74) is 1.19. The molecule has 1 saturated heterocycles. The molecule has 4 rings (SSSR count). The molecule has 1 fully saturated rings. The second-order valence-electron chi connectivity index (χ2n) is 6.15. The van der Waals surface area contributed by atoms with Crippen molar-refractivity contribution in [2.45, 2.75) is 38.4 Å². The molecule has 0 radical (unpaired) electrons. The fourth-order valence-corrected chi connectivity index (χ4v) is 3.23. The van der Waals surface area contributed by atoms with Gasteiger partial charge < -0.3 is 4.52 Å². The quantitative estimate of drug-likeness (QED) is 0.690. The summed E-state index contributed by atoms with van der Waals surface area (Å²) in [6.45, 7) is 2.60. The van der Waals surface area contributed by atoms with E-state index in [4.69, 9.17) is 4.52 Å². The first kappa shape index (κ1) is 15.0. The third kappa shape index (κ3) is 3.51. The smallest absolute Gasteiger partial charge is 0.240 e. The topological polar surface area (TPSA) is 72.9 Å². The lowest BCUT2D eigenvalue weighted by Crippen LogP contribution is -2.32. The van der Waals surface area contributed by atoms with Gasteiger partial charge in [0.05, 0.1) is 13.1 Å². The zero-order valence-corrected chi connectivity index (χ0v) is 13.5. The second kappa shape index (κ2) is 6.92. The average molecular weight is 324 g/mol. The third-order valence-electron chi connectivity index (χ3n) is 4.42. The summed E-state index contributed by atoms with van der Waals surface area (Å²) >= 11 is 0. The van der Waals surface area contributed by atoms with Crippen LogP contribution in [0.1, 0.15) is 30.1 Å². The molecular formula is C17H20N6O. The van der Waals surface area contributed by atoms with Crippen LogP contribution in [0, 0.1) is 0 Å². The van der Waals surface area contributed by atoms with Gasteiger partial charge in [0.1, 0.15) is 12.7 Å². The molecular weight excluding hydrogens is 304 g/mol. The summed E-state index contributed by atoms with van der Waals surface area (Å²) in [6.07, 6.45) is 6.39. The van der Waals surface area contributed by atoms with E-state index in [1.807, 2.05) is 22.9 Å². The first-order chi connectivity index (χ1) is 11.9. The molecule has 1 aliphatic heterocycles. The second-order valence-corrected chi connectivity index (χ2v) is 6.15. The fraction of sp³-hybridized carbons (Fsp3) is 0.412. The minimum absolute atomic E-state index is 0.441. The molecule has 0 aliphatic carbocycles. The van der Waals surface area contributed by atoms with Crippen LogP contribution in [0.2, 0.25) is 0 Å². The van der Waals surface area contributed by atoms with Crippen molar-refractivity contribution in [3.05, 3.63) is 60.3 Å². The molecule has 1 aromatic carbocycles. The van der Waals surface area contributed by atoms with Crippen LogP contribution in [0.4, 0.5) is 0 Å². The molecule has 0 spiro atoms. The molecule has 7 nitrogen and oxygen atoms in total. The molecule has 7 heteroatoms. The van der Waals surface area contributed by atoms with E-state index >= 15 is 0 Å². The molecule has 24 heavy (non-hydrogen) atoms. The van der Waals surface area contributed by atoms with E-state index in [9.17, 15) is 0 Å². The molecule has 0 N–H and O–H groups in total. The Morgan fingerprint density at radius 2 is 2.12 bits per heavy atom. The Kier molecular flexibility index (Phi) is 4.33. The van der Waals surface area contributed by atoms with Crippen LogP contribution in [0.3, 0.4) is 0 Å². The Morgan fingerprint density at radius 3 is 2.96 bits per heavy atom. The summed E-state index contributed by atoms with van der Waals surface area (Å²) in [7, 11) is 0. The van der Waals surface area contributed by atoms with Gasteiger partial charge in [-0.3, -0.25) is 9.58 Å². The van der Waals surface area contributed by atoms with Crippen LogP contribution in [-0.4, -0.2) is 42.4 Å². The van der Waals surface area contributed by atoms with Gasteiger partial charge in [-0.25, -0.2) is 4.98 Å². The summed E-state index contributed by atoms with van der Waals surface area (Å²) in [5.74, 6) is 1.43. The molecule has 3 aromatic rings. The summed E-state index contributed by atoms with van der Waals surface area (Å²) in [5, 5.41) is 8.31. The molecule has 2 aromatic heterocycles. The van der Waals surface area contributed by atoms with Gasteiger partial charge in [0.15, 0.2) is 5.82 Å². The first-order valence-electron chi connectivity index (χ1n) is 8.29. The van der Waals surface area contributed by atoms with Crippen LogP contribution >= 0.6 is 0 Å². The van der Waals surface area contributed by atoms with Crippen molar-refractivity contribution in [1.82, 2.24) is 29.8 Å². The fourth-order valence-electron chi connectivity index (χ4n) is 3.23. The van der Waals surface area contributed by atoms with E-state index in [0.717, 1.165) is 25.3 Å². The van der Waals surface area contributed by atoms with E-state index in [1.165, 1.54) is 12.0 Å². The maximum absolute atomic E-state index is 5.44. The van der Waals surface area contributed by atoms with Gasteiger partial charge >= 0.3 is 0 Å². The van der Waals surface area contributed by atoms with E-state index in [1.54, 1.807) is 12.7 Å². The van der Waals surface area contributed by atoms with Crippen molar-refractivity contribution in [1.29, 1.82) is 0 Å². The van der Waals surface area contributed by atoms with Gasteiger partial charge in [-0.1, -0.05) is 35.5 Å². The number of hydrogen-bond acceptors (Lipinski definition) is 6. The Balaban J connectivity index is 1.38. The Bertz CT molecular complexity index is 755. The van der Waals surface area contributed by atoms with Crippen molar-refractivity contribution >= 4 is 0 Å². The van der Waals surface area contributed by atoms with E-state index in [0.29, 0.717) is 24.9 Å². The van der Waals surface area contributed by atoms with Crippen molar-refractivity contribution in [2.75, 3.05) is 6.54 Å². The monoisotopic (exact) mass is 324 g/mol. The minimum atomic E-state index is 0.441. The number of aromatic nitrogens is 5. The summed E-state index contributed by atoms with van der Waals surface area (Å²) in [6, 6.07) is 10.6. The zero-order chi connectivity index (χ0) is 16.2.